The van der Waals surface area contributed by atoms with Crippen LogP contribution >= 0.6 is 11.3 Å². The average molecular weight is 449 g/mol. The Morgan fingerprint density at radius 3 is 2.32 bits per heavy atom. The largest absolute Gasteiger partial charge is 0.490 e. The van der Waals surface area contributed by atoms with E-state index in [9.17, 15) is 10.1 Å². The molecule has 0 saturated carbocycles. The number of nitro groups is 1. The van der Waals surface area contributed by atoms with Crippen LogP contribution in [0.25, 0.3) is 20.8 Å². The number of rotatable bonds is 12. The Bertz CT molecular complexity index is 914. The fraction of sp³-hybridized carbons (Fsp3) is 0.409. The van der Waals surface area contributed by atoms with E-state index >= 15 is 0 Å². The van der Waals surface area contributed by atoms with Crippen molar-refractivity contribution in [2.24, 2.45) is 0 Å². The van der Waals surface area contributed by atoms with Crippen LogP contribution < -0.4 is 4.74 Å². The number of fused-ring (bicyclic) bond motifs is 1. The van der Waals surface area contributed by atoms with Crippen LogP contribution in [0.4, 0.5) is 5.69 Å². The monoisotopic (exact) mass is 448 g/mol. The van der Waals surface area contributed by atoms with Crippen molar-refractivity contribution in [3.8, 4) is 16.3 Å². The molecule has 0 amide bonds. The minimum absolute atomic E-state index is 0.0303. The molecule has 168 valence electrons. The first-order valence-electron chi connectivity index (χ1n) is 10.1. The van der Waals surface area contributed by atoms with Crippen LogP contribution in [0.1, 0.15) is 13.8 Å². The van der Waals surface area contributed by atoms with Gasteiger partial charge in [-0.3, -0.25) is 10.1 Å². The number of para-hydroxylation sites is 1. The third-order valence-corrected chi connectivity index (χ3v) is 5.06. The molecule has 0 aliphatic heterocycles. The second-order valence-electron chi connectivity index (χ2n) is 5.99. The highest BCUT2D eigenvalue weighted by atomic mass is 32.1. The van der Waals surface area contributed by atoms with Gasteiger partial charge in [0.05, 0.1) is 59.8 Å². The van der Waals surface area contributed by atoms with E-state index in [1.165, 1.54) is 23.5 Å². The molecule has 2 aromatic carbocycles. The number of ether oxygens (including phenoxy) is 4. The number of non-ortho nitro benzene ring substituents is 1. The van der Waals surface area contributed by atoms with Gasteiger partial charge in [-0.2, -0.15) is 0 Å². The van der Waals surface area contributed by atoms with Crippen molar-refractivity contribution < 1.29 is 23.9 Å². The van der Waals surface area contributed by atoms with Crippen molar-refractivity contribution in [1.82, 2.24) is 4.98 Å². The van der Waals surface area contributed by atoms with Gasteiger partial charge in [-0.25, -0.2) is 4.98 Å². The topological polar surface area (TPSA) is 93.0 Å². The van der Waals surface area contributed by atoms with Gasteiger partial charge in [0, 0.05) is 13.2 Å². The molecule has 8 nitrogen and oxygen atoms in total. The summed E-state index contributed by atoms with van der Waals surface area (Å²) in [4.78, 5) is 15.3. The third kappa shape index (κ3) is 7.55. The van der Waals surface area contributed by atoms with Crippen molar-refractivity contribution in [3.63, 3.8) is 0 Å². The van der Waals surface area contributed by atoms with Gasteiger partial charge in [0.15, 0.2) is 0 Å². The molecule has 0 atom stereocenters. The average Bonchev–Trinajstić information content (AvgIpc) is 3.23. The minimum atomic E-state index is -0.442. The molecule has 3 rings (SSSR count). The Balaban J connectivity index is 0.00000166. The Hall–Kier alpha value is -2.59. The maximum atomic E-state index is 11.2. The lowest BCUT2D eigenvalue weighted by Crippen LogP contribution is -2.12. The highest BCUT2D eigenvalue weighted by Crippen LogP contribution is 2.37. The molecule has 0 spiro atoms. The van der Waals surface area contributed by atoms with Crippen LogP contribution in [-0.4, -0.2) is 56.7 Å². The quantitative estimate of drug-likeness (QED) is 0.220. The van der Waals surface area contributed by atoms with Gasteiger partial charge in [-0.1, -0.05) is 26.0 Å². The Kier molecular flexibility index (Phi) is 10.9. The molecular formula is C22H28N2O6S. The van der Waals surface area contributed by atoms with Crippen molar-refractivity contribution >= 4 is 27.2 Å². The zero-order chi connectivity index (χ0) is 22.5. The predicted molar refractivity (Wildman–Crippen MR) is 122 cm³/mol. The lowest BCUT2D eigenvalue weighted by atomic mass is 10.2. The van der Waals surface area contributed by atoms with E-state index in [2.05, 4.69) is 4.98 Å². The molecule has 31 heavy (non-hydrogen) atoms. The molecule has 0 radical (unpaired) electrons. The summed E-state index contributed by atoms with van der Waals surface area (Å²) in [6, 6.07) is 12.4. The van der Waals surface area contributed by atoms with Gasteiger partial charge < -0.3 is 18.9 Å². The second kappa shape index (κ2) is 13.7. The maximum absolute atomic E-state index is 11.2. The van der Waals surface area contributed by atoms with Gasteiger partial charge in [-0.05, 0) is 18.2 Å². The van der Waals surface area contributed by atoms with Crippen molar-refractivity contribution in [3.05, 3.63) is 52.6 Å². The Labute approximate surface area is 185 Å². The summed E-state index contributed by atoms with van der Waals surface area (Å²) in [5.41, 5.74) is 1.57. The fourth-order valence-electron chi connectivity index (χ4n) is 2.58. The molecule has 1 heterocycles. The number of nitro benzene ring substituents is 1. The van der Waals surface area contributed by atoms with E-state index in [0.29, 0.717) is 38.8 Å². The van der Waals surface area contributed by atoms with Crippen LogP contribution in [0.5, 0.6) is 5.75 Å². The van der Waals surface area contributed by atoms with Gasteiger partial charge in [0.25, 0.3) is 5.69 Å². The van der Waals surface area contributed by atoms with Crippen LogP contribution in [0.15, 0.2) is 42.5 Å². The molecule has 0 N–H and O–H groups in total. The summed E-state index contributed by atoms with van der Waals surface area (Å²) in [6.45, 7) is 6.58. The first-order chi connectivity index (χ1) is 15.2. The van der Waals surface area contributed by atoms with Crippen LogP contribution in [0.2, 0.25) is 0 Å². The molecule has 0 bridgehead atoms. The summed E-state index contributed by atoms with van der Waals surface area (Å²) in [6.07, 6.45) is 0. The van der Waals surface area contributed by atoms with Gasteiger partial charge in [0.1, 0.15) is 17.4 Å². The molecule has 0 saturated heterocycles. The summed E-state index contributed by atoms with van der Waals surface area (Å²) in [5.74, 6) is 0.415. The zero-order valence-corrected chi connectivity index (χ0v) is 18.9. The third-order valence-electron chi connectivity index (χ3n) is 3.99. The number of benzene rings is 2. The highest BCUT2D eigenvalue weighted by Gasteiger charge is 2.16. The molecule has 0 fully saturated rings. The van der Waals surface area contributed by atoms with E-state index < -0.39 is 4.92 Å². The Morgan fingerprint density at radius 1 is 0.968 bits per heavy atom. The van der Waals surface area contributed by atoms with Gasteiger partial charge in [-0.15, -0.1) is 11.3 Å². The van der Waals surface area contributed by atoms with Gasteiger partial charge in [0.2, 0.25) is 0 Å². The van der Waals surface area contributed by atoms with Crippen LogP contribution in [0, 0.1) is 10.1 Å². The normalized spacial score (nSPS) is 10.5. The SMILES string of the molecule is CC.COCCOCCOCCOc1cc([N+](=O)[O-])ccc1-c1nc2ccccc2s1. The molecule has 0 unspecified atom stereocenters. The van der Waals surface area contributed by atoms with Crippen LogP contribution in [0.3, 0.4) is 0 Å². The maximum Gasteiger partial charge on any atom is 0.273 e. The Morgan fingerprint density at radius 2 is 1.65 bits per heavy atom. The minimum Gasteiger partial charge on any atom is -0.490 e. The number of thiazole rings is 1. The fourth-order valence-corrected chi connectivity index (χ4v) is 3.58. The smallest absolute Gasteiger partial charge is 0.273 e. The lowest BCUT2D eigenvalue weighted by Gasteiger charge is -2.10. The zero-order valence-electron chi connectivity index (χ0n) is 18.0. The first kappa shape index (κ1) is 24.7. The number of hydrogen-bond donors (Lipinski definition) is 0. The first-order valence-corrected chi connectivity index (χ1v) is 10.9. The summed E-state index contributed by atoms with van der Waals surface area (Å²) in [7, 11) is 1.62. The standard InChI is InChI=1S/C20H22N2O6S.C2H6/c1-25-8-9-26-10-11-27-12-13-28-18-14-15(22(23)24)6-7-16(18)20-21-17-4-2-3-5-19(17)29-20;1-2/h2-7,14H,8-13H2,1H3;1-2H3. The number of hydrogen-bond acceptors (Lipinski definition) is 8. The van der Waals surface area contributed by atoms with Crippen molar-refractivity contribution in [2.45, 2.75) is 13.8 Å². The molecule has 0 aliphatic carbocycles. The van der Waals surface area contributed by atoms with E-state index in [0.717, 1.165) is 20.8 Å². The molecule has 0 aliphatic rings. The molecule has 9 heteroatoms. The lowest BCUT2D eigenvalue weighted by molar-refractivity contribution is -0.384. The molecule has 1 aromatic heterocycles. The van der Waals surface area contributed by atoms with Crippen molar-refractivity contribution in [1.29, 1.82) is 0 Å². The van der Waals surface area contributed by atoms with E-state index in [-0.39, 0.29) is 12.3 Å². The predicted octanol–water partition coefficient (Wildman–Crippen LogP) is 4.96. The number of nitrogens with zero attached hydrogens (tertiary/aromatic N) is 2. The van der Waals surface area contributed by atoms with E-state index in [1.807, 2.05) is 38.1 Å². The van der Waals surface area contributed by atoms with Crippen LogP contribution in [-0.2, 0) is 14.2 Å². The molecular weight excluding hydrogens is 420 g/mol. The number of methoxy groups -OCH3 is 1. The summed E-state index contributed by atoms with van der Waals surface area (Å²) in [5, 5.41) is 11.9. The highest BCUT2D eigenvalue weighted by molar-refractivity contribution is 7.21. The second-order valence-corrected chi connectivity index (χ2v) is 7.02. The molecule has 3 aromatic rings. The summed E-state index contributed by atoms with van der Waals surface area (Å²) >= 11 is 1.52. The van der Waals surface area contributed by atoms with Crippen molar-refractivity contribution in [2.75, 3.05) is 46.8 Å². The van der Waals surface area contributed by atoms with E-state index in [4.69, 9.17) is 18.9 Å². The summed E-state index contributed by atoms with van der Waals surface area (Å²) < 4.78 is 22.5. The van der Waals surface area contributed by atoms with E-state index in [1.54, 1.807) is 13.2 Å². The number of aromatic nitrogens is 1. The van der Waals surface area contributed by atoms with Gasteiger partial charge >= 0.3 is 0 Å².